The molecule has 0 aliphatic heterocycles. The van der Waals surface area contributed by atoms with E-state index in [1.165, 1.54) is 16.9 Å². The Morgan fingerprint density at radius 2 is 1.84 bits per heavy atom. The van der Waals surface area contributed by atoms with Gasteiger partial charge in [0.1, 0.15) is 5.75 Å². The van der Waals surface area contributed by atoms with Crippen molar-refractivity contribution in [1.82, 2.24) is 4.98 Å². The molecule has 3 aromatic carbocycles. The second-order valence-electron chi connectivity index (χ2n) is 7.63. The maximum absolute atomic E-state index is 13.5. The van der Waals surface area contributed by atoms with Gasteiger partial charge in [0.15, 0.2) is 5.13 Å². The Morgan fingerprint density at radius 3 is 2.58 bits per heavy atom. The summed E-state index contributed by atoms with van der Waals surface area (Å²) in [4.78, 5) is 20.1. The van der Waals surface area contributed by atoms with Gasteiger partial charge in [0.25, 0.3) is 0 Å². The van der Waals surface area contributed by atoms with E-state index < -0.39 is 0 Å². The Bertz CT molecular complexity index is 1200. The summed E-state index contributed by atoms with van der Waals surface area (Å²) in [7, 11) is 0. The lowest BCUT2D eigenvalue weighted by Gasteiger charge is -2.20. The number of aromatic nitrogens is 1. The van der Waals surface area contributed by atoms with Crippen LogP contribution in [0.4, 0.5) is 5.13 Å². The summed E-state index contributed by atoms with van der Waals surface area (Å²) in [6, 6.07) is 22.2. The molecule has 4 aromatic rings. The molecule has 5 heteroatoms. The van der Waals surface area contributed by atoms with Crippen LogP contribution >= 0.6 is 11.3 Å². The third-order valence-electron chi connectivity index (χ3n) is 5.21. The number of nitrogens with zero attached hydrogens (tertiary/aromatic N) is 2. The van der Waals surface area contributed by atoms with E-state index in [2.05, 4.69) is 32.0 Å². The van der Waals surface area contributed by atoms with Crippen molar-refractivity contribution in [2.45, 2.75) is 33.7 Å². The zero-order chi connectivity index (χ0) is 21.8. The fraction of sp³-hybridized carbons (Fsp3) is 0.231. The van der Waals surface area contributed by atoms with E-state index >= 15 is 0 Å². The molecule has 4 nitrogen and oxygen atoms in total. The molecule has 31 heavy (non-hydrogen) atoms. The maximum atomic E-state index is 13.5. The number of carbonyl (C=O) groups excluding carboxylic acids is 1. The number of anilines is 1. The van der Waals surface area contributed by atoms with Crippen LogP contribution in [0, 0.1) is 13.8 Å². The Hall–Kier alpha value is -3.18. The van der Waals surface area contributed by atoms with Crippen LogP contribution in [-0.4, -0.2) is 17.5 Å². The first-order valence-electron chi connectivity index (χ1n) is 10.5. The summed E-state index contributed by atoms with van der Waals surface area (Å²) in [5.74, 6) is 0.862. The predicted molar refractivity (Wildman–Crippen MR) is 128 cm³/mol. The number of aryl methyl sites for hydroxylation is 2. The number of carbonyl (C=O) groups is 1. The van der Waals surface area contributed by atoms with Crippen molar-refractivity contribution < 1.29 is 9.53 Å². The first-order valence-corrected chi connectivity index (χ1v) is 11.3. The monoisotopic (exact) mass is 430 g/mol. The number of benzene rings is 3. The Morgan fingerprint density at radius 1 is 1.03 bits per heavy atom. The molecule has 0 atom stereocenters. The van der Waals surface area contributed by atoms with Crippen molar-refractivity contribution in [3.63, 3.8) is 0 Å². The van der Waals surface area contributed by atoms with Gasteiger partial charge in [-0.1, -0.05) is 65.4 Å². The van der Waals surface area contributed by atoms with E-state index in [4.69, 9.17) is 9.72 Å². The van der Waals surface area contributed by atoms with Crippen LogP contribution in [0.1, 0.15) is 29.2 Å². The number of ether oxygens (including phenoxy) is 1. The molecule has 4 rings (SSSR count). The van der Waals surface area contributed by atoms with Crippen LogP contribution in [0.3, 0.4) is 0 Å². The average molecular weight is 431 g/mol. The van der Waals surface area contributed by atoms with Gasteiger partial charge in [-0.25, -0.2) is 4.98 Å². The SMILES string of the molecule is CCOc1ccc2nc(N(Cc3ccccc3)C(=O)Cc3ccc(C)cc3C)sc2c1. The van der Waals surface area contributed by atoms with Crippen molar-refractivity contribution in [3.05, 3.63) is 89.0 Å². The lowest BCUT2D eigenvalue weighted by molar-refractivity contribution is -0.118. The molecule has 0 radical (unpaired) electrons. The van der Waals surface area contributed by atoms with Gasteiger partial charge in [0, 0.05) is 0 Å². The molecule has 0 N–H and O–H groups in total. The Kier molecular flexibility index (Phi) is 6.33. The minimum atomic E-state index is 0.0416. The summed E-state index contributed by atoms with van der Waals surface area (Å²) < 4.78 is 6.64. The van der Waals surface area contributed by atoms with E-state index in [1.54, 1.807) is 4.90 Å². The maximum Gasteiger partial charge on any atom is 0.233 e. The van der Waals surface area contributed by atoms with E-state index in [9.17, 15) is 4.79 Å². The number of hydrogen-bond acceptors (Lipinski definition) is 4. The molecule has 1 amide bonds. The van der Waals surface area contributed by atoms with Gasteiger partial charge >= 0.3 is 0 Å². The molecule has 0 fully saturated rings. The lowest BCUT2D eigenvalue weighted by atomic mass is 10.0. The summed E-state index contributed by atoms with van der Waals surface area (Å²) >= 11 is 1.52. The van der Waals surface area contributed by atoms with Gasteiger partial charge in [0.2, 0.25) is 5.91 Å². The highest BCUT2D eigenvalue weighted by atomic mass is 32.1. The van der Waals surface area contributed by atoms with Crippen molar-refractivity contribution >= 4 is 32.6 Å². The largest absolute Gasteiger partial charge is 0.494 e. The fourth-order valence-electron chi connectivity index (χ4n) is 3.60. The second-order valence-corrected chi connectivity index (χ2v) is 8.64. The quantitative estimate of drug-likeness (QED) is 0.356. The van der Waals surface area contributed by atoms with Gasteiger partial charge in [-0.2, -0.15) is 0 Å². The van der Waals surface area contributed by atoms with Gasteiger partial charge in [-0.05, 0) is 55.7 Å². The van der Waals surface area contributed by atoms with Gasteiger partial charge in [-0.3, -0.25) is 9.69 Å². The van der Waals surface area contributed by atoms with Crippen molar-refractivity contribution in [2.75, 3.05) is 11.5 Å². The van der Waals surface area contributed by atoms with Crippen molar-refractivity contribution in [3.8, 4) is 5.75 Å². The van der Waals surface area contributed by atoms with Crippen molar-refractivity contribution in [1.29, 1.82) is 0 Å². The van der Waals surface area contributed by atoms with E-state index in [-0.39, 0.29) is 5.91 Å². The standard InChI is InChI=1S/C26H26N2O2S/c1-4-30-22-12-13-23-24(16-22)31-26(27-23)28(17-20-8-6-5-7-9-20)25(29)15-21-11-10-18(2)14-19(21)3/h5-14,16H,4,15,17H2,1-3H3. The molecule has 0 saturated heterocycles. The Labute approximate surface area is 187 Å². The third-order valence-corrected chi connectivity index (χ3v) is 6.26. The summed E-state index contributed by atoms with van der Waals surface area (Å²) in [6.45, 7) is 7.20. The number of rotatable bonds is 7. The van der Waals surface area contributed by atoms with Crippen LogP contribution in [0.5, 0.6) is 5.75 Å². The van der Waals surface area contributed by atoms with Crippen LogP contribution in [0.15, 0.2) is 66.7 Å². The smallest absolute Gasteiger partial charge is 0.233 e. The number of amides is 1. The highest BCUT2D eigenvalue weighted by Crippen LogP contribution is 2.33. The van der Waals surface area contributed by atoms with Crippen molar-refractivity contribution in [2.24, 2.45) is 0 Å². The molecule has 0 unspecified atom stereocenters. The fourth-order valence-corrected chi connectivity index (χ4v) is 4.61. The molecule has 0 saturated carbocycles. The summed E-state index contributed by atoms with van der Waals surface area (Å²) in [6.07, 6.45) is 0.346. The third kappa shape index (κ3) is 4.94. The zero-order valence-electron chi connectivity index (χ0n) is 18.1. The topological polar surface area (TPSA) is 42.4 Å². The normalized spacial score (nSPS) is 10.9. The average Bonchev–Trinajstić information content (AvgIpc) is 3.18. The van der Waals surface area contributed by atoms with Gasteiger partial charge in [-0.15, -0.1) is 0 Å². The van der Waals surface area contributed by atoms with Gasteiger partial charge < -0.3 is 4.74 Å². The molecule has 0 aliphatic carbocycles. The van der Waals surface area contributed by atoms with Crippen LogP contribution in [0.2, 0.25) is 0 Å². The van der Waals surface area contributed by atoms with Gasteiger partial charge in [0.05, 0.1) is 29.8 Å². The minimum Gasteiger partial charge on any atom is -0.494 e. The molecule has 158 valence electrons. The number of thiazole rings is 1. The molecular formula is C26H26N2O2S. The van der Waals surface area contributed by atoms with Crippen LogP contribution in [-0.2, 0) is 17.8 Å². The summed E-state index contributed by atoms with van der Waals surface area (Å²) in [5, 5.41) is 0.710. The molecular weight excluding hydrogens is 404 g/mol. The first kappa shape index (κ1) is 21.1. The highest BCUT2D eigenvalue weighted by molar-refractivity contribution is 7.22. The van der Waals surface area contributed by atoms with E-state index in [1.807, 2.05) is 55.5 Å². The predicted octanol–water partition coefficient (Wildman–Crippen LogP) is 6.09. The lowest BCUT2D eigenvalue weighted by Crippen LogP contribution is -2.31. The van der Waals surface area contributed by atoms with E-state index in [0.717, 1.165) is 32.7 Å². The Balaban J connectivity index is 1.68. The first-order chi connectivity index (χ1) is 15.0. The van der Waals surface area contributed by atoms with E-state index in [0.29, 0.717) is 24.7 Å². The number of hydrogen-bond donors (Lipinski definition) is 0. The molecule has 1 aromatic heterocycles. The number of fused-ring (bicyclic) bond motifs is 1. The molecule has 0 aliphatic rings. The summed E-state index contributed by atoms with van der Waals surface area (Å²) in [5.41, 5.74) is 5.34. The van der Waals surface area contributed by atoms with Crippen LogP contribution < -0.4 is 9.64 Å². The molecule has 0 bridgehead atoms. The minimum absolute atomic E-state index is 0.0416. The molecule has 0 spiro atoms. The highest BCUT2D eigenvalue weighted by Gasteiger charge is 2.21. The molecule has 1 heterocycles. The van der Waals surface area contributed by atoms with Crippen LogP contribution in [0.25, 0.3) is 10.2 Å². The second kappa shape index (κ2) is 9.31. The zero-order valence-corrected chi connectivity index (χ0v) is 18.9.